The van der Waals surface area contributed by atoms with Gasteiger partial charge in [0.15, 0.2) is 0 Å². The summed E-state index contributed by atoms with van der Waals surface area (Å²) in [4.78, 5) is 14.6. The summed E-state index contributed by atoms with van der Waals surface area (Å²) >= 11 is 0. The van der Waals surface area contributed by atoms with Gasteiger partial charge in [-0.05, 0) is 36.8 Å². The largest absolute Gasteiger partial charge is 0.378 e. The summed E-state index contributed by atoms with van der Waals surface area (Å²) < 4.78 is 5.37. The summed E-state index contributed by atoms with van der Waals surface area (Å²) in [6.07, 6.45) is 0. The van der Waals surface area contributed by atoms with Crippen LogP contribution in [0.5, 0.6) is 0 Å². The molecular weight excluding hydrogens is 314 g/mol. The van der Waals surface area contributed by atoms with E-state index in [4.69, 9.17) is 4.74 Å². The maximum atomic E-state index is 12.3. The third-order valence-electron chi connectivity index (χ3n) is 4.36. The fourth-order valence-electron chi connectivity index (χ4n) is 2.79. The number of hydrogen-bond donors (Lipinski definition) is 2. The Morgan fingerprint density at radius 3 is 2.44 bits per heavy atom. The van der Waals surface area contributed by atoms with Gasteiger partial charge < -0.3 is 20.3 Å². The van der Waals surface area contributed by atoms with Gasteiger partial charge in [-0.2, -0.15) is 0 Å². The average Bonchev–Trinajstić information content (AvgIpc) is 2.68. The summed E-state index contributed by atoms with van der Waals surface area (Å²) in [6, 6.07) is 17.8. The van der Waals surface area contributed by atoms with Gasteiger partial charge in [0.05, 0.1) is 19.3 Å². The Balaban J connectivity index is 1.49. The zero-order valence-corrected chi connectivity index (χ0v) is 14.6. The molecule has 0 radical (unpaired) electrons. The van der Waals surface area contributed by atoms with Gasteiger partial charge in [0.2, 0.25) is 5.91 Å². The lowest BCUT2D eigenvalue weighted by Crippen LogP contribution is -2.37. The molecule has 0 saturated carbocycles. The van der Waals surface area contributed by atoms with Crippen LogP contribution in [0.15, 0.2) is 54.6 Å². The van der Waals surface area contributed by atoms with E-state index in [9.17, 15) is 4.79 Å². The normalized spacial score (nSPS) is 15.6. The number of anilines is 2. The van der Waals surface area contributed by atoms with Gasteiger partial charge in [-0.1, -0.05) is 30.3 Å². The second-order valence-corrected chi connectivity index (χ2v) is 6.22. The molecule has 2 aromatic rings. The van der Waals surface area contributed by atoms with Gasteiger partial charge in [-0.15, -0.1) is 0 Å². The van der Waals surface area contributed by atoms with Crippen molar-refractivity contribution in [1.29, 1.82) is 0 Å². The predicted octanol–water partition coefficient (Wildman–Crippen LogP) is 2.64. The van der Waals surface area contributed by atoms with Crippen LogP contribution in [-0.4, -0.2) is 38.3 Å². The molecule has 0 aliphatic carbocycles. The Morgan fingerprint density at radius 1 is 1.08 bits per heavy atom. The number of hydrogen-bond acceptors (Lipinski definition) is 4. The second kappa shape index (κ2) is 8.65. The Bertz CT molecular complexity index is 667. The second-order valence-electron chi connectivity index (χ2n) is 6.22. The van der Waals surface area contributed by atoms with Crippen molar-refractivity contribution in [1.82, 2.24) is 5.32 Å². The first-order valence-electron chi connectivity index (χ1n) is 8.73. The van der Waals surface area contributed by atoms with Crippen LogP contribution in [0.2, 0.25) is 0 Å². The smallest absolute Gasteiger partial charge is 0.241 e. The van der Waals surface area contributed by atoms with E-state index < -0.39 is 0 Å². The first-order valence-corrected chi connectivity index (χ1v) is 8.73. The third-order valence-corrected chi connectivity index (χ3v) is 4.36. The molecule has 1 heterocycles. The number of morpholine rings is 1. The number of rotatable bonds is 6. The monoisotopic (exact) mass is 339 g/mol. The van der Waals surface area contributed by atoms with Crippen molar-refractivity contribution in [2.45, 2.75) is 19.5 Å². The van der Waals surface area contributed by atoms with Gasteiger partial charge in [0.1, 0.15) is 0 Å². The number of carbonyl (C=O) groups is 1. The summed E-state index contributed by atoms with van der Waals surface area (Å²) in [5.74, 6) is -0.0324. The minimum atomic E-state index is -0.265. The van der Waals surface area contributed by atoms with Crippen molar-refractivity contribution < 1.29 is 9.53 Å². The van der Waals surface area contributed by atoms with Crippen LogP contribution in [0.3, 0.4) is 0 Å². The standard InChI is InChI=1S/C20H25N3O2/c1-16(21-15-17-5-3-2-4-6-17)20(24)22-18-7-9-19(10-8-18)23-11-13-25-14-12-23/h2-10,16,21H,11-15H2,1H3,(H,22,24)/t16-/m0/s1. The summed E-state index contributed by atoms with van der Waals surface area (Å²) in [5, 5.41) is 6.21. The highest BCUT2D eigenvalue weighted by Crippen LogP contribution is 2.19. The first kappa shape index (κ1) is 17.5. The number of amides is 1. The average molecular weight is 339 g/mol. The van der Waals surface area contributed by atoms with Gasteiger partial charge in [0, 0.05) is 31.0 Å². The molecule has 1 amide bonds. The van der Waals surface area contributed by atoms with Crippen molar-refractivity contribution >= 4 is 17.3 Å². The lowest BCUT2D eigenvalue weighted by molar-refractivity contribution is -0.117. The molecule has 3 rings (SSSR count). The van der Waals surface area contributed by atoms with Gasteiger partial charge >= 0.3 is 0 Å². The molecule has 0 bridgehead atoms. The van der Waals surface area contributed by atoms with Crippen LogP contribution in [-0.2, 0) is 16.1 Å². The van der Waals surface area contributed by atoms with Crippen LogP contribution in [0, 0.1) is 0 Å². The van der Waals surface area contributed by atoms with E-state index in [2.05, 4.69) is 15.5 Å². The van der Waals surface area contributed by atoms with Gasteiger partial charge in [0.25, 0.3) is 0 Å². The molecule has 0 spiro atoms. The van der Waals surface area contributed by atoms with Crippen LogP contribution in [0.25, 0.3) is 0 Å². The highest BCUT2D eigenvalue weighted by Gasteiger charge is 2.14. The Kier molecular flexibility index (Phi) is 6.04. The number of carbonyl (C=O) groups excluding carboxylic acids is 1. The molecule has 5 nitrogen and oxygen atoms in total. The van der Waals surface area contributed by atoms with E-state index >= 15 is 0 Å². The number of nitrogens with zero attached hydrogens (tertiary/aromatic N) is 1. The quantitative estimate of drug-likeness (QED) is 0.849. The topological polar surface area (TPSA) is 53.6 Å². The van der Waals surface area contributed by atoms with Crippen LogP contribution >= 0.6 is 0 Å². The van der Waals surface area contributed by atoms with E-state index in [1.54, 1.807) is 0 Å². The van der Waals surface area contributed by atoms with Crippen molar-refractivity contribution in [2.75, 3.05) is 36.5 Å². The molecule has 1 aliphatic heterocycles. The zero-order chi connectivity index (χ0) is 17.5. The fourth-order valence-corrected chi connectivity index (χ4v) is 2.79. The van der Waals surface area contributed by atoms with Crippen molar-refractivity contribution in [3.63, 3.8) is 0 Å². The molecule has 25 heavy (non-hydrogen) atoms. The zero-order valence-electron chi connectivity index (χ0n) is 14.6. The van der Waals surface area contributed by atoms with Crippen molar-refractivity contribution in [3.05, 3.63) is 60.2 Å². The van der Waals surface area contributed by atoms with Crippen molar-refractivity contribution in [2.24, 2.45) is 0 Å². The Hall–Kier alpha value is -2.37. The predicted molar refractivity (Wildman–Crippen MR) is 101 cm³/mol. The summed E-state index contributed by atoms with van der Waals surface area (Å²) in [7, 11) is 0. The van der Waals surface area contributed by atoms with E-state index in [1.165, 1.54) is 0 Å². The highest BCUT2D eigenvalue weighted by atomic mass is 16.5. The van der Waals surface area contributed by atoms with E-state index in [-0.39, 0.29) is 11.9 Å². The molecule has 1 atom stereocenters. The highest BCUT2D eigenvalue weighted by molar-refractivity contribution is 5.94. The maximum Gasteiger partial charge on any atom is 0.241 e. The molecule has 0 unspecified atom stereocenters. The lowest BCUT2D eigenvalue weighted by atomic mass is 10.2. The van der Waals surface area contributed by atoms with Crippen LogP contribution < -0.4 is 15.5 Å². The maximum absolute atomic E-state index is 12.3. The number of ether oxygens (including phenoxy) is 1. The number of benzene rings is 2. The molecule has 1 aliphatic rings. The molecule has 5 heteroatoms. The Labute approximate surface area is 149 Å². The number of nitrogens with one attached hydrogen (secondary N) is 2. The molecular formula is C20H25N3O2. The third kappa shape index (κ3) is 5.05. The lowest BCUT2D eigenvalue weighted by Gasteiger charge is -2.29. The Morgan fingerprint density at radius 2 is 1.76 bits per heavy atom. The van der Waals surface area contributed by atoms with E-state index in [0.717, 1.165) is 43.2 Å². The van der Waals surface area contributed by atoms with Crippen LogP contribution in [0.1, 0.15) is 12.5 Å². The SMILES string of the molecule is C[C@H](NCc1ccccc1)C(=O)Nc1ccc(N2CCOCC2)cc1. The molecule has 2 aromatic carbocycles. The summed E-state index contributed by atoms with van der Waals surface area (Å²) in [6.45, 7) is 5.90. The van der Waals surface area contributed by atoms with E-state index in [0.29, 0.717) is 6.54 Å². The molecule has 0 aromatic heterocycles. The van der Waals surface area contributed by atoms with Crippen molar-refractivity contribution in [3.8, 4) is 0 Å². The summed E-state index contributed by atoms with van der Waals surface area (Å²) in [5.41, 5.74) is 3.14. The van der Waals surface area contributed by atoms with Gasteiger partial charge in [-0.3, -0.25) is 4.79 Å². The van der Waals surface area contributed by atoms with E-state index in [1.807, 2.05) is 61.5 Å². The molecule has 2 N–H and O–H groups in total. The van der Waals surface area contributed by atoms with Gasteiger partial charge in [-0.25, -0.2) is 0 Å². The minimum absolute atomic E-state index is 0.0324. The first-order chi connectivity index (χ1) is 12.2. The minimum Gasteiger partial charge on any atom is -0.378 e. The molecule has 1 saturated heterocycles. The fraction of sp³-hybridized carbons (Fsp3) is 0.350. The molecule has 132 valence electrons. The molecule has 1 fully saturated rings. The van der Waals surface area contributed by atoms with Crippen LogP contribution in [0.4, 0.5) is 11.4 Å².